The van der Waals surface area contributed by atoms with Crippen molar-refractivity contribution in [3.05, 3.63) is 0 Å². The molecular formula is C10H16ClNO. The predicted molar refractivity (Wildman–Crippen MR) is 52.7 cm³/mol. The van der Waals surface area contributed by atoms with Crippen molar-refractivity contribution in [3.8, 4) is 0 Å². The van der Waals surface area contributed by atoms with Gasteiger partial charge >= 0.3 is 0 Å². The highest BCUT2D eigenvalue weighted by Crippen LogP contribution is 2.36. The average Bonchev–Trinajstić information content (AvgIpc) is 2.45. The molecule has 0 N–H and O–H groups in total. The molecule has 1 saturated heterocycles. The zero-order valence-electron chi connectivity index (χ0n) is 7.84. The number of likely N-dealkylation sites (tertiary alicyclic amines) is 1. The summed E-state index contributed by atoms with van der Waals surface area (Å²) >= 11 is 5.55. The monoisotopic (exact) mass is 201 g/mol. The minimum Gasteiger partial charge on any atom is -0.341 e. The van der Waals surface area contributed by atoms with Crippen LogP contribution in [0.25, 0.3) is 0 Å². The van der Waals surface area contributed by atoms with Crippen LogP contribution in [0, 0.1) is 11.8 Å². The van der Waals surface area contributed by atoms with Crippen molar-refractivity contribution in [2.75, 3.05) is 19.0 Å². The Kier molecular flexibility index (Phi) is 2.77. The van der Waals surface area contributed by atoms with Gasteiger partial charge in [0.25, 0.3) is 0 Å². The van der Waals surface area contributed by atoms with Crippen LogP contribution in [0.5, 0.6) is 0 Å². The van der Waals surface area contributed by atoms with Crippen molar-refractivity contribution in [3.63, 3.8) is 0 Å². The summed E-state index contributed by atoms with van der Waals surface area (Å²) < 4.78 is 0. The molecule has 0 aromatic carbocycles. The van der Waals surface area contributed by atoms with Gasteiger partial charge in [0.15, 0.2) is 0 Å². The van der Waals surface area contributed by atoms with Crippen molar-refractivity contribution in [2.45, 2.75) is 25.7 Å². The molecule has 2 rings (SSSR count). The Bertz CT molecular complexity index is 207. The maximum absolute atomic E-state index is 11.4. The third-order valence-electron chi connectivity index (χ3n) is 3.40. The van der Waals surface area contributed by atoms with Crippen molar-refractivity contribution in [2.24, 2.45) is 11.8 Å². The zero-order valence-corrected chi connectivity index (χ0v) is 8.59. The second-order valence-corrected chi connectivity index (χ2v) is 4.57. The number of carbonyl (C=O) groups excluding carboxylic acids is 1. The summed E-state index contributed by atoms with van der Waals surface area (Å²) in [5.41, 5.74) is 0. The third kappa shape index (κ3) is 1.98. The molecule has 1 aliphatic carbocycles. The van der Waals surface area contributed by atoms with E-state index in [-0.39, 0.29) is 11.8 Å². The van der Waals surface area contributed by atoms with Crippen LogP contribution < -0.4 is 0 Å². The Morgan fingerprint density at radius 1 is 1.31 bits per heavy atom. The Morgan fingerprint density at radius 2 is 2.08 bits per heavy atom. The van der Waals surface area contributed by atoms with E-state index < -0.39 is 0 Å². The fraction of sp³-hybridized carbons (Fsp3) is 0.900. The molecule has 2 aliphatic rings. The van der Waals surface area contributed by atoms with Gasteiger partial charge in [-0.15, -0.1) is 11.6 Å². The minimum absolute atomic E-state index is 0.120. The molecule has 1 heterocycles. The molecule has 1 saturated carbocycles. The molecule has 2 fully saturated rings. The minimum atomic E-state index is 0.120. The van der Waals surface area contributed by atoms with E-state index >= 15 is 0 Å². The Hall–Kier alpha value is -0.240. The smallest absolute Gasteiger partial charge is 0.237 e. The largest absolute Gasteiger partial charge is 0.341 e. The second kappa shape index (κ2) is 3.87. The first-order valence-corrected chi connectivity index (χ1v) is 5.67. The molecule has 2 atom stereocenters. The van der Waals surface area contributed by atoms with Gasteiger partial charge in [-0.1, -0.05) is 6.42 Å². The SMILES string of the molecule is O=C(CCl)N1CCC2CCC(C2)C1. The lowest BCUT2D eigenvalue weighted by Gasteiger charge is -2.23. The van der Waals surface area contributed by atoms with Crippen molar-refractivity contribution in [1.29, 1.82) is 0 Å². The van der Waals surface area contributed by atoms with E-state index in [1.54, 1.807) is 0 Å². The van der Waals surface area contributed by atoms with Gasteiger partial charge < -0.3 is 4.90 Å². The van der Waals surface area contributed by atoms with E-state index in [1.807, 2.05) is 4.90 Å². The summed E-state index contributed by atoms with van der Waals surface area (Å²) in [6.45, 7) is 1.90. The van der Waals surface area contributed by atoms with Crippen LogP contribution in [0.4, 0.5) is 0 Å². The predicted octanol–water partition coefficient (Wildman–Crippen LogP) is 1.87. The summed E-state index contributed by atoms with van der Waals surface area (Å²) in [6.07, 6.45) is 5.23. The van der Waals surface area contributed by atoms with Gasteiger partial charge in [0.1, 0.15) is 5.88 Å². The highest BCUT2D eigenvalue weighted by atomic mass is 35.5. The Balaban J connectivity index is 1.97. The number of hydrogen-bond donors (Lipinski definition) is 0. The normalized spacial score (nSPS) is 33.2. The molecule has 1 aliphatic heterocycles. The highest BCUT2D eigenvalue weighted by molar-refractivity contribution is 6.27. The van der Waals surface area contributed by atoms with E-state index in [0.29, 0.717) is 0 Å². The molecule has 3 heteroatoms. The van der Waals surface area contributed by atoms with Crippen LogP contribution in [-0.4, -0.2) is 29.8 Å². The first-order valence-electron chi connectivity index (χ1n) is 5.13. The average molecular weight is 202 g/mol. The van der Waals surface area contributed by atoms with Gasteiger partial charge in [-0.2, -0.15) is 0 Å². The lowest BCUT2D eigenvalue weighted by molar-refractivity contribution is -0.129. The van der Waals surface area contributed by atoms with E-state index in [1.165, 1.54) is 25.7 Å². The van der Waals surface area contributed by atoms with Gasteiger partial charge in [0.05, 0.1) is 0 Å². The lowest BCUT2D eigenvalue weighted by atomic mass is 10.0. The molecule has 2 nitrogen and oxygen atoms in total. The van der Waals surface area contributed by atoms with Crippen LogP contribution in [0.3, 0.4) is 0 Å². The van der Waals surface area contributed by atoms with Crippen LogP contribution in [0.15, 0.2) is 0 Å². The summed E-state index contributed by atoms with van der Waals surface area (Å²) in [5.74, 6) is 1.92. The van der Waals surface area contributed by atoms with Gasteiger partial charge in [-0.05, 0) is 31.1 Å². The van der Waals surface area contributed by atoms with Crippen molar-refractivity contribution in [1.82, 2.24) is 4.90 Å². The van der Waals surface area contributed by atoms with Gasteiger partial charge in [-0.3, -0.25) is 4.79 Å². The molecule has 2 unspecified atom stereocenters. The number of rotatable bonds is 1. The first-order chi connectivity index (χ1) is 6.29. The molecule has 1 amide bonds. The number of halogens is 1. The van der Waals surface area contributed by atoms with Crippen LogP contribution in [0.2, 0.25) is 0 Å². The van der Waals surface area contributed by atoms with Crippen LogP contribution in [-0.2, 0) is 4.79 Å². The topological polar surface area (TPSA) is 20.3 Å². The molecular weight excluding hydrogens is 186 g/mol. The summed E-state index contributed by atoms with van der Waals surface area (Å²) in [5, 5.41) is 0. The number of carbonyl (C=O) groups is 1. The number of hydrogen-bond acceptors (Lipinski definition) is 1. The summed E-state index contributed by atoms with van der Waals surface area (Å²) in [4.78, 5) is 13.3. The van der Waals surface area contributed by atoms with Crippen molar-refractivity contribution < 1.29 is 4.79 Å². The first kappa shape index (κ1) is 9.32. The Labute approximate surface area is 84.2 Å². The summed E-state index contributed by atoms with van der Waals surface area (Å²) in [6, 6.07) is 0. The van der Waals surface area contributed by atoms with E-state index in [4.69, 9.17) is 11.6 Å². The van der Waals surface area contributed by atoms with Gasteiger partial charge in [-0.25, -0.2) is 0 Å². The fourth-order valence-corrected chi connectivity index (χ4v) is 2.83. The molecule has 2 bridgehead atoms. The number of fused-ring (bicyclic) bond motifs is 2. The fourth-order valence-electron chi connectivity index (χ4n) is 2.66. The maximum Gasteiger partial charge on any atom is 0.237 e. The molecule has 74 valence electrons. The maximum atomic E-state index is 11.4. The number of alkyl halides is 1. The lowest BCUT2D eigenvalue weighted by Crippen LogP contribution is -2.35. The molecule has 0 aromatic rings. The quantitative estimate of drug-likeness (QED) is 0.594. The zero-order chi connectivity index (χ0) is 9.26. The van der Waals surface area contributed by atoms with Crippen LogP contribution >= 0.6 is 11.6 Å². The van der Waals surface area contributed by atoms with Gasteiger partial charge in [0.2, 0.25) is 5.91 Å². The van der Waals surface area contributed by atoms with Crippen LogP contribution in [0.1, 0.15) is 25.7 Å². The molecule has 0 aromatic heterocycles. The Morgan fingerprint density at radius 3 is 2.85 bits per heavy atom. The molecule has 0 spiro atoms. The highest BCUT2D eigenvalue weighted by Gasteiger charge is 2.31. The number of amides is 1. The number of nitrogens with zero attached hydrogens (tertiary/aromatic N) is 1. The van der Waals surface area contributed by atoms with E-state index in [9.17, 15) is 4.79 Å². The standard InChI is InChI=1S/C10H16ClNO/c11-6-10(13)12-4-3-8-1-2-9(5-8)7-12/h8-9H,1-7H2. The molecule has 13 heavy (non-hydrogen) atoms. The van der Waals surface area contributed by atoms with Crippen molar-refractivity contribution >= 4 is 17.5 Å². The third-order valence-corrected chi connectivity index (χ3v) is 3.63. The van der Waals surface area contributed by atoms with E-state index in [0.717, 1.165) is 24.9 Å². The van der Waals surface area contributed by atoms with E-state index in [2.05, 4.69) is 0 Å². The van der Waals surface area contributed by atoms with Gasteiger partial charge in [0, 0.05) is 13.1 Å². The molecule has 0 radical (unpaired) electrons. The summed E-state index contributed by atoms with van der Waals surface area (Å²) in [7, 11) is 0. The second-order valence-electron chi connectivity index (χ2n) is 4.31.